The lowest BCUT2D eigenvalue weighted by Gasteiger charge is -2.19. The van der Waals surface area contributed by atoms with Gasteiger partial charge in [-0.2, -0.15) is 0 Å². The molecule has 0 radical (unpaired) electrons. The third kappa shape index (κ3) is 3.91. The fourth-order valence-corrected chi connectivity index (χ4v) is 1.63. The van der Waals surface area contributed by atoms with E-state index in [0.29, 0.717) is 6.04 Å². The Hall–Kier alpha value is -0.300. The average Bonchev–Trinajstić information content (AvgIpc) is 2.14. The van der Waals surface area contributed by atoms with E-state index in [9.17, 15) is 0 Å². The topological polar surface area (TPSA) is 12.0 Å². The lowest BCUT2D eigenvalue weighted by molar-refractivity contribution is 0.454. The lowest BCUT2D eigenvalue weighted by Crippen LogP contribution is -2.32. The van der Waals surface area contributed by atoms with Crippen LogP contribution < -0.4 is 5.32 Å². The molecular weight excluding hydrogens is 146 g/mol. The van der Waals surface area contributed by atoms with Crippen LogP contribution in [0.15, 0.2) is 12.2 Å². The third-order valence-electron chi connectivity index (χ3n) is 2.44. The van der Waals surface area contributed by atoms with Gasteiger partial charge in [0.1, 0.15) is 0 Å². The van der Waals surface area contributed by atoms with Gasteiger partial charge < -0.3 is 5.32 Å². The number of piperidine rings is 1. The van der Waals surface area contributed by atoms with E-state index in [-0.39, 0.29) is 0 Å². The van der Waals surface area contributed by atoms with Gasteiger partial charge in [0, 0.05) is 6.04 Å². The highest BCUT2D eigenvalue weighted by atomic mass is 14.9. The smallest absolute Gasteiger partial charge is 0.0250 e. The molecule has 0 bridgehead atoms. The van der Waals surface area contributed by atoms with Crippen molar-refractivity contribution in [3.8, 4) is 0 Å². The number of unbranched alkanes of at least 4 members (excludes halogenated alkanes) is 2. The molecule has 0 amide bonds. The van der Waals surface area contributed by atoms with E-state index in [4.69, 9.17) is 0 Å². The molecule has 70 valence electrons. The van der Waals surface area contributed by atoms with Crippen LogP contribution in [0.2, 0.25) is 0 Å². The zero-order valence-electron chi connectivity index (χ0n) is 8.18. The van der Waals surface area contributed by atoms with E-state index in [2.05, 4.69) is 24.4 Å². The number of nitrogens with one attached hydrogen (secondary N) is 1. The van der Waals surface area contributed by atoms with Gasteiger partial charge in [-0.3, -0.25) is 0 Å². The normalized spacial score (nSPS) is 24.9. The van der Waals surface area contributed by atoms with Crippen molar-refractivity contribution in [2.45, 2.75) is 51.5 Å². The van der Waals surface area contributed by atoms with Gasteiger partial charge in [0.2, 0.25) is 0 Å². The Morgan fingerprint density at radius 1 is 1.42 bits per heavy atom. The van der Waals surface area contributed by atoms with Gasteiger partial charge in [0.15, 0.2) is 0 Å². The molecule has 1 aliphatic rings. The van der Waals surface area contributed by atoms with Gasteiger partial charge in [-0.15, -0.1) is 0 Å². The van der Waals surface area contributed by atoms with Crippen molar-refractivity contribution in [3.63, 3.8) is 0 Å². The molecule has 1 fully saturated rings. The van der Waals surface area contributed by atoms with Gasteiger partial charge in [-0.25, -0.2) is 0 Å². The first-order chi connectivity index (χ1) is 5.93. The second-order valence-electron chi connectivity index (χ2n) is 3.63. The average molecular weight is 167 g/mol. The van der Waals surface area contributed by atoms with Crippen molar-refractivity contribution >= 4 is 0 Å². The number of rotatable bonds is 4. The minimum Gasteiger partial charge on any atom is -0.311 e. The molecule has 1 heterocycles. The number of hydrogen-bond donors (Lipinski definition) is 1. The molecule has 1 nitrogen and oxygen atoms in total. The van der Waals surface area contributed by atoms with Crippen molar-refractivity contribution in [2.24, 2.45) is 0 Å². The second kappa shape index (κ2) is 6.24. The van der Waals surface area contributed by atoms with Crippen LogP contribution in [-0.4, -0.2) is 12.6 Å². The predicted molar refractivity (Wildman–Crippen MR) is 54.3 cm³/mol. The first-order valence-electron chi connectivity index (χ1n) is 5.33. The Bertz CT molecular complexity index is 123. The van der Waals surface area contributed by atoms with Crippen LogP contribution in [0.3, 0.4) is 0 Å². The third-order valence-corrected chi connectivity index (χ3v) is 2.44. The molecular formula is C11H21N. The van der Waals surface area contributed by atoms with E-state index in [1.165, 1.54) is 45.1 Å². The standard InChI is InChI=1S/C11H21N/c1-2-3-4-5-8-11-9-6-7-10-12-11/h5,8,11-12H,2-4,6-7,9-10H2,1H3. The van der Waals surface area contributed by atoms with Gasteiger partial charge in [0.25, 0.3) is 0 Å². The molecule has 0 spiro atoms. The summed E-state index contributed by atoms with van der Waals surface area (Å²) in [5, 5.41) is 3.51. The van der Waals surface area contributed by atoms with Crippen LogP contribution in [0, 0.1) is 0 Å². The number of hydrogen-bond acceptors (Lipinski definition) is 1. The highest BCUT2D eigenvalue weighted by Gasteiger charge is 2.07. The van der Waals surface area contributed by atoms with E-state index in [1.807, 2.05) is 0 Å². The maximum atomic E-state index is 3.51. The maximum absolute atomic E-state index is 3.51. The minimum absolute atomic E-state index is 0.676. The van der Waals surface area contributed by atoms with E-state index < -0.39 is 0 Å². The van der Waals surface area contributed by atoms with Crippen molar-refractivity contribution in [3.05, 3.63) is 12.2 Å². The van der Waals surface area contributed by atoms with Gasteiger partial charge in [-0.05, 0) is 25.8 Å². The molecule has 1 rings (SSSR count). The van der Waals surface area contributed by atoms with E-state index in [0.717, 1.165) is 0 Å². The van der Waals surface area contributed by atoms with Crippen LogP contribution in [0.1, 0.15) is 45.4 Å². The van der Waals surface area contributed by atoms with Crippen LogP contribution in [0.5, 0.6) is 0 Å². The lowest BCUT2D eigenvalue weighted by atomic mass is 10.0. The maximum Gasteiger partial charge on any atom is 0.0250 e. The largest absolute Gasteiger partial charge is 0.311 e. The fraction of sp³-hybridized carbons (Fsp3) is 0.818. The summed E-state index contributed by atoms with van der Waals surface area (Å²) in [6, 6.07) is 0.676. The summed E-state index contributed by atoms with van der Waals surface area (Å²) in [5.74, 6) is 0. The first kappa shape index (κ1) is 9.79. The molecule has 0 aromatic rings. The zero-order valence-corrected chi connectivity index (χ0v) is 8.18. The first-order valence-corrected chi connectivity index (χ1v) is 5.33. The Kier molecular flexibility index (Phi) is 5.09. The summed E-state index contributed by atoms with van der Waals surface area (Å²) in [7, 11) is 0. The molecule has 0 saturated carbocycles. The fourth-order valence-electron chi connectivity index (χ4n) is 1.63. The molecule has 1 atom stereocenters. The van der Waals surface area contributed by atoms with E-state index in [1.54, 1.807) is 0 Å². The summed E-state index contributed by atoms with van der Waals surface area (Å²) < 4.78 is 0. The summed E-state index contributed by atoms with van der Waals surface area (Å²) in [4.78, 5) is 0. The van der Waals surface area contributed by atoms with Crippen molar-refractivity contribution in [1.29, 1.82) is 0 Å². The highest BCUT2D eigenvalue weighted by molar-refractivity contribution is 4.94. The quantitative estimate of drug-likeness (QED) is 0.501. The molecule has 1 aliphatic heterocycles. The Balaban J connectivity index is 2.07. The Morgan fingerprint density at radius 3 is 3.00 bits per heavy atom. The van der Waals surface area contributed by atoms with Gasteiger partial charge in [0.05, 0.1) is 0 Å². The molecule has 12 heavy (non-hydrogen) atoms. The van der Waals surface area contributed by atoms with Gasteiger partial charge in [-0.1, -0.05) is 38.3 Å². The molecule has 0 aromatic heterocycles. The van der Waals surface area contributed by atoms with E-state index >= 15 is 0 Å². The summed E-state index contributed by atoms with van der Waals surface area (Å²) >= 11 is 0. The number of allylic oxidation sites excluding steroid dienone is 1. The summed E-state index contributed by atoms with van der Waals surface area (Å²) in [6.07, 6.45) is 12.7. The Labute approximate surface area is 76.2 Å². The van der Waals surface area contributed by atoms with Gasteiger partial charge >= 0.3 is 0 Å². The highest BCUT2D eigenvalue weighted by Crippen LogP contribution is 2.08. The molecule has 0 aromatic carbocycles. The molecule has 1 unspecified atom stereocenters. The molecule has 0 aliphatic carbocycles. The van der Waals surface area contributed by atoms with Crippen molar-refractivity contribution in [1.82, 2.24) is 5.32 Å². The van der Waals surface area contributed by atoms with Crippen molar-refractivity contribution < 1.29 is 0 Å². The molecule has 1 heteroatoms. The molecule has 1 saturated heterocycles. The van der Waals surface area contributed by atoms with Crippen molar-refractivity contribution in [2.75, 3.05) is 6.54 Å². The SMILES string of the molecule is CCCCC=CC1CCCCN1. The summed E-state index contributed by atoms with van der Waals surface area (Å²) in [6.45, 7) is 3.45. The predicted octanol–water partition coefficient (Wildman–Crippen LogP) is 2.87. The van der Waals surface area contributed by atoms with Crippen LogP contribution >= 0.6 is 0 Å². The summed E-state index contributed by atoms with van der Waals surface area (Å²) in [5.41, 5.74) is 0. The second-order valence-corrected chi connectivity index (χ2v) is 3.63. The van der Waals surface area contributed by atoms with Crippen LogP contribution in [0.25, 0.3) is 0 Å². The van der Waals surface area contributed by atoms with Crippen LogP contribution in [-0.2, 0) is 0 Å². The molecule has 1 N–H and O–H groups in total. The zero-order chi connectivity index (χ0) is 8.65. The minimum atomic E-state index is 0.676. The monoisotopic (exact) mass is 167 g/mol. The van der Waals surface area contributed by atoms with Crippen LogP contribution in [0.4, 0.5) is 0 Å². The Morgan fingerprint density at radius 2 is 2.33 bits per heavy atom.